The molecule has 0 aromatic rings. The van der Waals surface area contributed by atoms with Gasteiger partial charge in [-0.05, 0) is 0 Å². The molecule has 1 rings (SSSR count). The van der Waals surface area contributed by atoms with Gasteiger partial charge in [0.05, 0.1) is 7.11 Å². The van der Waals surface area contributed by atoms with Crippen LogP contribution in [0.15, 0.2) is 23.6 Å². The molecule has 0 nitrogen and oxygen atoms in total. The highest BCUT2D eigenvalue weighted by molar-refractivity contribution is 7.72. The molecule has 0 radical (unpaired) electrons. The highest BCUT2D eigenvalue weighted by Gasteiger charge is 2.51. The maximum atomic E-state index is 2.62. The monoisotopic (exact) mass is 226 g/mol. The van der Waals surface area contributed by atoms with E-state index in [9.17, 15) is 0 Å². The van der Waals surface area contributed by atoms with Crippen molar-refractivity contribution < 1.29 is 0 Å². The summed E-state index contributed by atoms with van der Waals surface area (Å²) in [4.78, 5) is 0. The molecule has 74 valence electrons. The van der Waals surface area contributed by atoms with Crippen LogP contribution in [0.1, 0.15) is 0 Å². The second-order valence-electron chi connectivity index (χ2n) is 6.09. The molecule has 0 atom stereocenters. The number of hydrogen-bond acceptors (Lipinski definition) is 0. The van der Waals surface area contributed by atoms with Crippen LogP contribution >= 0.6 is 0 Å². The Kier molecular flexibility index (Phi) is 2.65. The Balaban J connectivity index is 3.19. The van der Waals surface area contributed by atoms with Crippen molar-refractivity contribution >= 4 is 22.3 Å². The molecule has 1 heterocycles. The summed E-state index contributed by atoms with van der Waals surface area (Å²) in [6.07, 6.45) is 4.62. The van der Waals surface area contributed by atoms with E-state index in [1.165, 1.54) is 0 Å². The summed E-state index contributed by atoms with van der Waals surface area (Å²) in [5.74, 6) is 0. The molecular formula is C10H22Si3. The molecule has 3 heteroatoms. The maximum absolute atomic E-state index is 2.62. The van der Waals surface area contributed by atoms with Gasteiger partial charge in [-0.1, -0.05) is 62.8 Å². The third-order valence-corrected chi connectivity index (χ3v) is 40.1. The molecule has 13 heavy (non-hydrogen) atoms. The Hall–Kier alpha value is 0.131. The van der Waals surface area contributed by atoms with Crippen molar-refractivity contribution in [1.82, 2.24) is 0 Å². The Labute approximate surface area is 85.4 Å². The lowest BCUT2D eigenvalue weighted by molar-refractivity contribution is 1.77. The molecule has 0 spiro atoms. The molecule has 0 aromatic carbocycles. The van der Waals surface area contributed by atoms with Crippen LogP contribution in [0.25, 0.3) is 0 Å². The third-order valence-electron chi connectivity index (χ3n) is 3.31. The normalized spacial score (nSPS) is 21.1. The van der Waals surface area contributed by atoms with E-state index in [-0.39, 0.29) is 0 Å². The minimum Gasteiger partial charge on any atom is -0.0948 e. The summed E-state index contributed by atoms with van der Waals surface area (Å²) in [5.41, 5.74) is 5.23. The first-order chi connectivity index (χ1) is 5.71. The number of allylic oxidation sites excluding steroid dienone is 2. The maximum Gasteiger partial charge on any atom is 0.0859 e. The van der Waals surface area contributed by atoms with Gasteiger partial charge >= 0.3 is 0 Å². The molecule has 0 saturated carbocycles. The molecule has 0 unspecified atom stereocenters. The van der Waals surface area contributed by atoms with Gasteiger partial charge in [-0.25, -0.2) is 0 Å². The number of hydrogen-bond donors (Lipinski definition) is 0. The second kappa shape index (κ2) is 3.07. The van der Waals surface area contributed by atoms with Crippen LogP contribution < -0.4 is 0 Å². The molecule has 0 aromatic heterocycles. The van der Waals surface area contributed by atoms with Gasteiger partial charge in [0.15, 0.2) is 0 Å². The summed E-state index contributed by atoms with van der Waals surface area (Å²) in [7, 11) is -3.08. The average molecular weight is 227 g/mol. The van der Waals surface area contributed by atoms with Crippen molar-refractivity contribution in [3.63, 3.8) is 0 Å². The van der Waals surface area contributed by atoms with E-state index in [0.717, 1.165) is 0 Å². The van der Waals surface area contributed by atoms with Gasteiger partial charge in [0.2, 0.25) is 0 Å². The van der Waals surface area contributed by atoms with Gasteiger partial charge < -0.3 is 0 Å². The van der Waals surface area contributed by atoms with Crippen molar-refractivity contribution in [2.75, 3.05) is 0 Å². The van der Waals surface area contributed by atoms with Crippen LogP contribution in [0.2, 0.25) is 39.3 Å². The van der Waals surface area contributed by atoms with E-state index in [2.05, 4.69) is 62.8 Å². The highest BCUT2D eigenvalue weighted by atomic mass is 29.6. The molecule has 0 bridgehead atoms. The average Bonchev–Trinajstić information content (AvgIpc) is 2.28. The van der Waals surface area contributed by atoms with Crippen molar-refractivity contribution in [2.24, 2.45) is 0 Å². The summed E-state index contributed by atoms with van der Waals surface area (Å²) in [5, 5.41) is 0. The molecule has 1 aliphatic rings. The second-order valence-corrected chi connectivity index (χ2v) is 33.0. The van der Waals surface area contributed by atoms with Gasteiger partial charge in [0, 0.05) is 15.2 Å². The zero-order chi connectivity index (χ0) is 10.3. The lowest BCUT2D eigenvalue weighted by Crippen LogP contribution is -2.69. The molecule has 0 amide bonds. The fraction of sp³-hybridized carbons (Fsp3) is 0.600. The fourth-order valence-electron chi connectivity index (χ4n) is 2.60. The minimum atomic E-state index is -1.12. The zero-order valence-corrected chi connectivity index (χ0v) is 12.8. The smallest absolute Gasteiger partial charge is 0.0859 e. The number of rotatable bonds is 2. The predicted molar refractivity (Wildman–Crippen MR) is 70.7 cm³/mol. The highest BCUT2D eigenvalue weighted by Crippen LogP contribution is 2.33. The summed E-state index contributed by atoms with van der Waals surface area (Å²) in [6.45, 7) is 15.3. The molecule has 0 N–H and O–H groups in total. The fourth-order valence-corrected chi connectivity index (χ4v) is 41.9. The van der Waals surface area contributed by atoms with Gasteiger partial charge in [-0.15, -0.1) is 0 Å². The first-order valence-corrected chi connectivity index (χ1v) is 16.2. The Morgan fingerprint density at radius 2 is 1.00 bits per heavy atom. The Morgan fingerprint density at radius 3 is 1.15 bits per heavy atom. The summed E-state index contributed by atoms with van der Waals surface area (Å²) >= 11 is 0. The van der Waals surface area contributed by atoms with E-state index < -0.39 is 22.3 Å². The quantitative estimate of drug-likeness (QED) is 0.633. The lowest BCUT2D eigenvalue weighted by Gasteiger charge is -2.45. The molecule has 1 aliphatic heterocycles. The van der Waals surface area contributed by atoms with Crippen LogP contribution in [-0.2, 0) is 0 Å². The summed E-state index contributed by atoms with van der Waals surface area (Å²) < 4.78 is 0. The van der Waals surface area contributed by atoms with E-state index in [1.54, 1.807) is 0 Å². The van der Waals surface area contributed by atoms with Crippen LogP contribution in [0.5, 0.6) is 0 Å². The molecule has 0 aliphatic carbocycles. The molecular weight excluding hydrogens is 204 g/mol. The largest absolute Gasteiger partial charge is 0.0948 e. The third kappa shape index (κ3) is 1.69. The first-order valence-electron chi connectivity index (χ1n) is 5.08. The summed E-state index contributed by atoms with van der Waals surface area (Å²) in [6, 6.07) is 0. The first kappa shape index (κ1) is 11.2. The van der Waals surface area contributed by atoms with Crippen LogP contribution in [0, 0.1) is 0 Å². The van der Waals surface area contributed by atoms with Gasteiger partial charge in [0.25, 0.3) is 0 Å². The Morgan fingerprint density at radius 1 is 0.692 bits per heavy atom. The lowest BCUT2D eigenvalue weighted by atomic mass is 10.6. The molecule has 0 saturated heterocycles. The molecule has 0 fully saturated rings. The predicted octanol–water partition coefficient (Wildman–Crippen LogP) is 3.47. The van der Waals surface area contributed by atoms with Crippen LogP contribution in [-0.4, -0.2) is 22.3 Å². The van der Waals surface area contributed by atoms with Crippen LogP contribution in [0.4, 0.5) is 0 Å². The van der Waals surface area contributed by atoms with Crippen molar-refractivity contribution in [2.45, 2.75) is 39.3 Å². The van der Waals surface area contributed by atoms with Crippen molar-refractivity contribution in [1.29, 1.82) is 0 Å². The SMILES string of the molecule is C[Si](C)(C)[Si]1([Si](C)(C)C)C=CC=C1. The van der Waals surface area contributed by atoms with E-state index in [0.29, 0.717) is 0 Å². The topological polar surface area (TPSA) is 0 Å². The van der Waals surface area contributed by atoms with Crippen molar-refractivity contribution in [3.8, 4) is 0 Å². The van der Waals surface area contributed by atoms with E-state index in [1.807, 2.05) is 0 Å². The van der Waals surface area contributed by atoms with Gasteiger partial charge in [0.1, 0.15) is 0 Å². The van der Waals surface area contributed by atoms with E-state index in [4.69, 9.17) is 0 Å². The standard InChI is InChI=1S/C10H22Si3/c1-11(2,3)13(12(4,5)6)9-7-8-10-13/h7-10H,1-6H3. The van der Waals surface area contributed by atoms with Gasteiger partial charge in [-0.3, -0.25) is 0 Å². The van der Waals surface area contributed by atoms with Crippen molar-refractivity contribution in [3.05, 3.63) is 23.6 Å². The minimum absolute atomic E-state index is 0.983. The zero-order valence-electron chi connectivity index (χ0n) is 9.81. The van der Waals surface area contributed by atoms with Gasteiger partial charge in [-0.2, -0.15) is 0 Å². The van der Waals surface area contributed by atoms with Crippen LogP contribution in [0.3, 0.4) is 0 Å². The Bertz CT molecular complexity index is 222. The van der Waals surface area contributed by atoms with E-state index >= 15 is 0 Å².